The van der Waals surface area contributed by atoms with E-state index >= 15 is 0 Å². The van der Waals surface area contributed by atoms with Crippen molar-refractivity contribution >= 4 is 11.7 Å². The summed E-state index contributed by atoms with van der Waals surface area (Å²) in [5, 5.41) is 2.94. The van der Waals surface area contributed by atoms with E-state index in [9.17, 15) is 4.79 Å². The van der Waals surface area contributed by atoms with Gasteiger partial charge in [-0.3, -0.25) is 4.90 Å². The molecule has 0 bridgehead atoms. The summed E-state index contributed by atoms with van der Waals surface area (Å²) < 4.78 is 0. The highest BCUT2D eigenvalue weighted by Gasteiger charge is 2.18. The van der Waals surface area contributed by atoms with Crippen LogP contribution in [-0.4, -0.2) is 42.0 Å². The van der Waals surface area contributed by atoms with Crippen molar-refractivity contribution in [2.45, 2.75) is 38.8 Å². The maximum Gasteiger partial charge on any atom is 0.321 e. The van der Waals surface area contributed by atoms with Gasteiger partial charge in [0.15, 0.2) is 0 Å². The number of likely N-dealkylation sites (N-methyl/N-ethyl adjacent to an activating group) is 1. The molecule has 1 heterocycles. The lowest BCUT2D eigenvalue weighted by molar-refractivity contribution is 0.152. The van der Waals surface area contributed by atoms with E-state index < -0.39 is 0 Å². The Morgan fingerprint density at radius 2 is 2.32 bits per heavy atom. The van der Waals surface area contributed by atoms with Crippen LogP contribution in [0.1, 0.15) is 31.7 Å². The molecule has 0 unspecified atom stereocenters. The number of urea groups is 1. The van der Waals surface area contributed by atoms with Crippen LogP contribution in [0.25, 0.3) is 0 Å². The molecule has 1 fully saturated rings. The van der Waals surface area contributed by atoms with Gasteiger partial charge in [0.2, 0.25) is 0 Å². The van der Waals surface area contributed by atoms with E-state index in [0.29, 0.717) is 12.6 Å². The fourth-order valence-electron chi connectivity index (χ4n) is 2.87. The van der Waals surface area contributed by atoms with Gasteiger partial charge in [-0.05, 0) is 44.0 Å². The average molecular weight is 301 g/mol. The molecule has 1 atom stereocenters. The summed E-state index contributed by atoms with van der Waals surface area (Å²) in [6.07, 6.45) is 5.62. The zero-order valence-electron chi connectivity index (χ0n) is 13.7. The number of hydrogen-bond donors (Lipinski definition) is 1. The Labute approximate surface area is 133 Å². The number of carbonyl (C=O) groups is 1. The molecule has 1 aliphatic rings. The van der Waals surface area contributed by atoms with E-state index in [1.54, 1.807) is 18.0 Å². The Morgan fingerprint density at radius 3 is 3.05 bits per heavy atom. The van der Waals surface area contributed by atoms with E-state index in [1.165, 1.54) is 31.4 Å². The zero-order chi connectivity index (χ0) is 15.9. The molecule has 4 heteroatoms. The predicted molar refractivity (Wildman–Crippen MR) is 92.0 cm³/mol. The Kier molecular flexibility index (Phi) is 6.01. The summed E-state index contributed by atoms with van der Waals surface area (Å²) >= 11 is 0. The molecular weight excluding hydrogens is 274 g/mol. The molecular formula is C18H27N3O. The molecule has 0 saturated carbocycles. The highest BCUT2D eigenvalue weighted by atomic mass is 16.2. The van der Waals surface area contributed by atoms with Crippen LogP contribution in [-0.2, 0) is 6.54 Å². The number of rotatable bonds is 5. The number of anilines is 1. The fraction of sp³-hybridized carbons (Fsp3) is 0.500. The fourth-order valence-corrected chi connectivity index (χ4v) is 2.87. The largest absolute Gasteiger partial charge is 0.324 e. The van der Waals surface area contributed by atoms with Gasteiger partial charge in [-0.1, -0.05) is 24.6 Å². The smallest absolute Gasteiger partial charge is 0.321 e. The monoisotopic (exact) mass is 301 g/mol. The van der Waals surface area contributed by atoms with E-state index in [1.807, 2.05) is 12.1 Å². The summed E-state index contributed by atoms with van der Waals surface area (Å²) in [5.41, 5.74) is 2.10. The Morgan fingerprint density at radius 1 is 1.50 bits per heavy atom. The first-order chi connectivity index (χ1) is 10.6. The maximum atomic E-state index is 12.0. The quantitative estimate of drug-likeness (QED) is 0.842. The van der Waals surface area contributed by atoms with Crippen molar-refractivity contribution < 1.29 is 4.79 Å². The molecule has 1 saturated heterocycles. The first kappa shape index (κ1) is 16.6. The van der Waals surface area contributed by atoms with E-state index in [4.69, 9.17) is 0 Å². The number of hydrogen-bond acceptors (Lipinski definition) is 2. The maximum absolute atomic E-state index is 12.0. The van der Waals surface area contributed by atoms with Gasteiger partial charge < -0.3 is 10.2 Å². The lowest BCUT2D eigenvalue weighted by atomic mass is 10.0. The van der Waals surface area contributed by atoms with Crippen LogP contribution in [0.15, 0.2) is 36.9 Å². The van der Waals surface area contributed by atoms with Gasteiger partial charge in [0, 0.05) is 31.9 Å². The molecule has 0 spiro atoms. The summed E-state index contributed by atoms with van der Waals surface area (Å²) in [4.78, 5) is 16.1. The van der Waals surface area contributed by atoms with E-state index in [2.05, 4.69) is 35.9 Å². The number of likely N-dealkylation sites (tertiary alicyclic amines) is 1. The van der Waals surface area contributed by atoms with Crippen molar-refractivity contribution in [3.05, 3.63) is 42.5 Å². The second-order valence-corrected chi connectivity index (χ2v) is 6.12. The zero-order valence-corrected chi connectivity index (χ0v) is 13.7. The standard InChI is InChI=1S/C18H27N3O/c1-4-11-20(3)18(22)19-17-10-7-9-16(13-17)14-21-12-6-5-8-15(21)2/h4,7,9-10,13,15H,1,5-6,8,11-12,14H2,2-3H3,(H,19,22)/t15-/m0/s1. The van der Waals surface area contributed by atoms with E-state index in [0.717, 1.165) is 12.2 Å². The third kappa shape index (κ3) is 4.60. The molecule has 2 amide bonds. The molecule has 0 aromatic heterocycles. The lowest BCUT2D eigenvalue weighted by Gasteiger charge is -2.33. The molecule has 1 aromatic carbocycles. The van der Waals surface area contributed by atoms with Crippen molar-refractivity contribution in [1.82, 2.24) is 9.80 Å². The van der Waals surface area contributed by atoms with Crippen molar-refractivity contribution in [2.24, 2.45) is 0 Å². The van der Waals surface area contributed by atoms with Crippen molar-refractivity contribution in [3.8, 4) is 0 Å². The normalized spacial score (nSPS) is 18.7. The summed E-state index contributed by atoms with van der Waals surface area (Å²) in [6, 6.07) is 8.68. The Hall–Kier alpha value is -1.81. The van der Waals surface area contributed by atoms with Gasteiger partial charge in [-0.15, -0.1) is 6.58 Å². The first-order valence-electron chi connectivity index (χ1n) is 8.06. The number of benzene rings is 1. The van der Waals surface area contributed by atoms with Crippen LogP contribution >= 0.6 is 0 Å². The SMILES string of the molecule is C=CCN(C)C(=O)Nc1cccc(CN2CCCC[C@@H]2C)c1. The number of piperidine rings is 1. The van der Waals surface area contributed by atoms with Crippen LogP contribution in [0.4, 0.5) is 10.5 Å². The molecule has 22 heavy (non-hydrogen) atoms. The van der Waals surface area contributed by atoms with Gasteiger partial charge in [0.05, 0.1) is 0 Å². The minimum atomic E-state index is -0.108. The predicted octanol–water partition coefficient (Wildman–Crippen LogP) is 3.71. The van der Waals surface area contributed by atoms with Gasteiger partial charge >= 0.3 is 6.03 Å². The third-order valence-corrected chi connectivity index (χ3v) is 4.25. The number of amides is 2. The molecule has 2 rings (SSSR count). The Bertz CT molecular complexity index is 515. The average Bonchev–Trinajstić information content (AvgIpc) is 2.50. The molecule has 0 aliphatic carbocycles. The van der Waals surface area contributed by atoms with Crippen LogP contribution in [0.5, 0.6) is 0 Å². The number of nitrogens with one attached hydrogen (secondary N) is 1. The second kappa shape index (κ2) is 7.99. The minimum Gasteiger partial charge on any atom is -0.324 e. The van der Waals surface area contributed by atoms with Crippen LogP contribution in [0.2, 0.25) is 0 Å². The van der Waals surface area contributed by atoms with Gasteiger partial charge in [-0.25, -0.2) is 4.79 Å². The molecule has 0 radical (unpaired) electrons. The lowest BCUT2D eigenvalue weighted by Crippen LogP contribution is -2.36. The van der Waals surface area contributed by atoms with Crippen molar-refractivity contribution in [1.29, 1.82) is 0 Å². The molecule has 1 aliphatic heterocycles. The van der Waals surface area contributed by atoms with Crippen LogP contribution in [0, 0.1) is 0 Å². The second-order valence-electron chi connectivity index (χ2n) is 6.12. The van der Waals surface area contributed by atoms with Crippen LogP contribution in [0.3, 0.4) is 0 Å². The van der Waals surface area contributed by atoms with Crippen molar-refractivity contribution in [2.75, 3.05) is 25.5 Å². The third-order valence-electron chi connectivity index (χ3n) is 4.25. The topological polar surface area (TPSA) is 35.6 Å². The molecule has 1 aromatic rings. The molecule has 4 nitrogen and oxygen atoms in total. The number of carbonyl (C=O) groups excluding carboxylic acids is 1. The Balaban J connectivity index is 1.97. The highest BCUT2D eigenvalue weighted by molar-refractivity contribution is 5.89. The minimum absolute atomic E-state index is 0.108. The van der Waals surface area contributed by atoms with Crippen molar-refractivity contribution in [3.63, 3.8) is 0 Å². The summed E-state index contributed by atoms with van der Waals surface area (Å²) in [7, 11) is 1.76. The van der Waals surface area contributed by atoms with E-state index in [-0.39, 0.29) is 6.03 Å². The summed E-state index contributed by atoms with van der Waals surface area (Å²) in [6.45, 7) is 8.61. The van der Waals surface area contributed by atoms with Crippen LogP contribution < -0.4 is 5.32 Å². The van der Waals surface area contributed by atoms with Gasteiger partial charge in [0.1, 0.15) is 0 Å². The number of nitrogens with zero attached hydrogens (tertiary/aromatic N) is 2. The highest BCUT2D eigenvalue weighted by Crippen LogP contribution is 2.20. The molecule has 1 N–H and O–H groups in total. The van der Waals surface area contributed by atoms with Gasteiger partial charge in [0.25, 0.3) is 0 Å². The van der Waals surface area contributed by atoms with Gasteiger partial charge in [-0.2, -0.15) is 0 Å². The first-order valence-corrected chi connectivity index (χ1v) is 8.06. The molecule has 120 valence electrons. The summed E-state index contributed by atoms with van der Waals surface area (Å²) in [5.74, 6) is 0.